The van der Waals surface area contributed by atoms with E-state index in [0.717, 1.165) is 12.4 Å². The van der Waals surface area contributed by atoms with E-state index in [0.29, 0.717) is 0 Å². The van der Waals surface area contributed by atoms with Gasteiger partial charge in [-0.2, -0.15) is 0 Å². The predicted octanol–water partition coefficient (Wildman–Crippen LogP) is 4.35. The standard InChI is InChI=1S/C16H15N3S/c1-10-15(19-20-10)14-9-18-16-13(14)7-12(8-17-16)11-5-3-2-4-6-11/h2-7,9,17-19H,8H2,1H3. The summed E-state index contributed by atoms with van der Waals surface area (Å²) in [5.74, 6) is 1.11. The molecular weight excluding hydrogens is 266 g/mol. The quantitative estimate of drug-likeness (QED) is 0.642. The molecule has 1 aromatic carbocycles. The predicted molar refractivity (Wildman–Crippen MR) is 86.0 cm³/mol. The Bertz CT molecular complexity index is 774. The van der Waals surface area contributed by atoms with Gasteiger partial charge in [0.15, 0.2) is 0 Å². The molecule has 0 aliphatic carbocycles. The van der Waals surface area contributed by atoms with Crippen molar-refractivity contribution in [3.05, 3.63) is 52.5 Å². The van der Waals surface area contributed by atoms with Crippen molar-refractivity contribution in [2.45, 2.75) is 6.92 Å². The van der Waals surface area contributed by atoms with Gasteiger partial charge >= 0.3 is 0 Å². The number of hydrogen-bond donors (Lipinski definition) is 3. The number of aromatic amines is 2. The molecule has 0 unspecified atom stereocenters. The van der Waals surface area contributed by atoms with E-state index in [4.69, 9.17) is 0 Å². The Balaban J connectivity index is 1.81. The van der Waals surface area contributed by atoms with Gasteiger partial charge in [0, 0.05) is 28.7 Å². The van der Waals surface area contributed by atoms with Crippen LogP contribution in [0.2, 0.25) is 0 Å². The van der Waals surface area contributed by atoms with Crippen molar-refractivity contribution in [1.29, 1.82) is 0 Å². The minimum absolute atomic E-state index is 0.858. The molecule has 100 valence electrons. The molecule has 4 heteroatoms. The minimum Gasteiger partial charge on any atom is -0.367 e. The number of aryl methyl sites for hydroxylation is 1. The fourth-order valence-corrected chi connectivity index (χ4v) is 3.26. The first-order valence-corrected chi connectivity index (χ1v) is 7.50. The lowest BCUT2D eigenvalue weighted by atomic mass is 9.98. The summed E-state index contributed by atoms with van der Waals surface area (Å²) in [7, 11) is 0. The van der Waals surface area contributed by atoms with Crippen molar-refractivity contribution in [1.82, 2.24) is 9.36 Å². The number of nitrogens with one attached hydrogen (secondary N) is 3. The van der Waals surface area contributed by atoms with Gasteiger partial charge in [0.1, 0.15) is 5.82 Å². The number of rotatable bonds is 2. The van der Waals surface area contributed by atoms with Gasteiger partial charge in [0.25, 0.3) is 0 Å². The van der Waals surface area contributed by atoms with Crippen LogP contribution in [-0.2, 0) is 0 Å². The van der Waals surface area contributed by atoms with Gasteiger partial charge in [-0.15, -0.1) is 0 Å². The molecule has 2 aromatic heterocycles. The smallest absolute Gasteiger partial charge is 0.111 e. The van der Waals surface area contributed by atoms with E-state index < -0.39 is 0 Å². The summed E-state index contributed by atoms with van der Waals surface area (Å²) >= 11 is 1.69. The van der Waals surface area contributed by atoms with E-state index in [2.05, 4.69) is 64.2 Å². The molecular formula is C16H15N3S. The van der Waals surface area contributed by atoms with Crippen molar-refractivity contribution >= 4 is 29.0 Å². The summed E-state index contributed by atoms with van der Waals surface area (Å²) in [5, 5.41) is 3.47. The molecule has 4 rings (SSSR count). The van der Waals surface area contributed by atoms with Gasteiger partial charge in [0.2, 0.25) is 0 Å². The number of hydrogen-bond acceptors (Lipinski definition) is 2. The Kier molecular flexibility index (Phi) is 2.57. The summed E-state index contributed by atoms with van der Waals surface area (Å²) in [6, 6.07) is 10.5. The monoisotopic (exact) mass is 281 g/mol. The second-order valence-corrected chi connectivity index (χ2v) is 6.04. The van der Waals surface area contributed by atoms with E-state index >= 15 is 0 Å². The Morgan fingerprint density at radius 2 is 2.00 bits per heavy atom. The molecule has 1 aliphatic heterocycles. The maximum Gasteiger partial charge on any atom is 0.111 e. The van der Waals surface area contributed by atoms with Gasteiger partial charge in [0.05, 0.1) is 5.69 Å². The van der Waals surface area contributed by atoms with Crippen LogP contribution >= 0.6 is 11.5 Å². The highest BCUT2D eigenvalue weighted by molar-refractivity contribution is 7.07. The van der Waals surface area contributed by atoms with E-state index in [1.807, 2.05) is 0 Å². The summed E-state index contributed by atoms with van der Waals surface area (Å²) < 4.78 is 3.32. The third-order valence-corrected chi connectivity index (χ3v) is 4.58. The summed E-state index contributed by atoms with van der Waals surface area (Å²) in [5.41, 5.74) is 6.33. The molecule has 0 radical (unpaired) electrons. The van der Waals surface area contributed by atoms with Crippen molar-refractivity contribution in [3.8, 4) is 11.3 Å². The van der Waals surface area contributed by atoms with Crippen LogP contribution in [0.3, 0.4) is 0 Å². The molecule has 0 bridgehead atoms. The third kappa shape index (κ3) is 1.72. The Labute approximate surface area is 121 Å². The highest BCUT2D eigenvalue weighted by atomic mass is 32.1. The Morgan fingerprint density at radius 1 is 1.15 bits per heavy atom. The van der Waals surface area contributed by atoms with Gasteiger partial charge in [-0.05, 0) is 24.1 Å². The molecule has 3 aromatic rings. The number of benzene rings is 1. The third-order valence-electron chi connectivity index (χ3n) is 3.77. The van der Waals surface area contributed by atoms with Crippen LogP contribution in [0.25, 0.3) is 22.9 Å². The average Bonchev–Trinajstić information content (AvgIpc) is 2.89. The second kappa shape index (κ2) is 4.42. The minimum atomic E-state index is 0.858. The zero-order valence-corrected chi connectivity index (χ0v) is 12.0. The zero-order valence-electron chi connectivity index (χ0n) is 11.2. The highest BCUT2D eigenvalue weighted by Gasteiger charge is 2.19. The number of anilines is 1. The molecule has 3 nitrogen and oxygen atoms in total. The number of fused-ring (bicyclic) bond motifs is 1. The van der Waals surface area contributed by atoms with E-state index in [9.17, 15) is 0 Å². The van der Waals surface area contributed by atoms with Gasteiger partial charge in [-0.3, -0.25) is 0 Å². The first kappa shape index (κ1) is 11.6. The average molecular weight is 281 g/mol. The molecule has 0 atom stereocenters. The molecule has 20 heavy (non-hydrogen) atoms. The molecule has 3 heterocycles. The first-order chi connectivity index (χ1) is 9.83. The summed E-state index contributed by atoms with van der Waals surface area (Å²) in [6.07, 6.45) is 4.37. The van der Waals surface area contributed by atoms with Crippen molar-refractivity contribution in [3.63, 3.8) is 0 Å². The van der Waals surface area contributed by atoms with Crippen molar-refractivity contribution < 1.29 is 0 Å². The molecule has 3 N–H and O–H groups in total. The lowest BCUT2D eigenvalue weighted by molar-refractivity contribution is 1.26. The van der Waals surface area contributed by atoms with E-state index in [-0.39, 0.29) is 0 Å². The van der Waals surface area contributed by atoms with E-state index in [1.165, 1.54) is 32.8 Å². The lowest BCUT2D eigenvalue weighted by Crippen LogP contribution is -2.09. The van der Waals surface area contributed by atoms with Crippen molar-refractivity contribution in [2.24, 2.45) is 0 Å². The van der Waals surface area contributed by atoms with Crippen LogP contribution in [0.1, 0.15) is 16.0 Å². The summed E-state index contributed by atoms with van der Waals surface area (Å²) in [6.45, 7) is 3.01. The normalized spacial score (nSPS) is 13.8. The largest absolute Gasteiger partial charge is 0.367 e. The van der Waals surface area contributed by atoms with Crippen LogP contribution in [0.4, 0.5) is 5.82 Å². The summed E-state index contributed by atoms with van der Waals surface area (Å²) in [4.78, 5) is 4.67. The maximum absolute atomic E-state index is 3.47. The zero-order chi connectivity index (χ0) is 13.5. The number of aromatic nitrogens is 2. The SMILES string of the molecule is Cc1s[nH]c1-c1c[nH]c2c1C=C(c1ccccc1)CN2. The molecule has 0 saturated carbocycles. The maximum atomic E-state index is 3.47. The molecule has 0 spiro atoms. The van der Waals surface area contributed by atoms with Gasteiger partial charge in [-0.25, -0.2) is 0 Å². The molecule has 0 fully saturated rings. The second-order valence-electron chi connectivity index (χ2n) is 5.02. The number of H-pyrrole nitrogens is 2. The van der Waals surface area contributed by atoms with Crippen LogP contribution < -0.4 is 5.32 Å². The van der Waals surface area contributed by atoms with Gasteiger partial charge in [-0.1, -0.05) is 41.9 Å². The van der Waals surface area contributed by atoms with Crippen LogP contribution in [0.5, 0.6) is 0 Å². The fraction of sp³-hybridized carbons (Fsp3) is 0.125. The van der Waals surface area contributed by atoms with Crippen LogP contribution in [0.15, 0.2) is 36.5 Å². The Hall–Kier alpha value is -2.20. The van der Waals surface area contributed by atoms with Crippen molar-refractivity contribution in [2.75, 3.05) is 11.9 Å². The van der Waals surface area contributed by atoms with Crippen LogP contribution in [0, 0.1) is 6.92 Å². The first-order valence-electron chi connectivity index (χ1n) is 6.68. The van der Waals surface area contributed by atoms with E-state index in [1.54, 1.807) is 11.5 Å². The van der Waals surface area contributed by atoms with Gasteiger partial charge < -0.3 is 14.7 Å². The fourth-order valence-electron chi connectivity index (χ4n) is 2.63. The Morgan fingerprint density at radius 3 is 2.70 bits per heavy atom. The lowest BCUT2D eigenvalue weighted by Gasteiger charge is -2.17. The molecule has 0 amide bonds. The topological polar surface area (TPSA) is 43.6 Å². The van der Waals surface area contributed by atoms with Crippen LogP contribution in [-0.4, -0.2) is 15.9 Å². The highest BCUT2D eigenvalue weighted by Crippen LogP contribution is 2.38. The molecule has 0 saturated heterocycles. The molecule has 1 aliphatic rings.